The van der Waals surface area contributed by atoms with Crippen molar-refractivity contribution >= 4 is 6.03 Å². The molecule has 1 aliphatic rings. The number of urea groups is 1. The van der Waals surface area contributed by atoms with Crippen molar-refractivity contribution in [2.24, 2.45) is 5.92 Å². The van der Waals surface area contributed by atoms with Crippen LogP contribution in [0.15, 0.2) is 47.3 Å². The lowest BCUT2D eigenvalue weighted by Gasteiger charge is -2.28. The summed E-state index contributed by atoms with van der Waals surface area (Å²) in [5.41, 5.74) is 1.21. The van der Waals surface area contributed by atoms with Gasteiger partial charge in [-0.2, -0.15) is 0 Å². The van der Waals surface area contributed by atoms with E-state index in [0.717, 1.165) is 18.7 Å². The van der Waals surface area contributed by atoms with Crippen molar-refractivity contribution in [3.8, 4) is 0 Å². The smallest absolute Gasteiger partial charge is 0.317 e. The van der Waals surface area contributed by atoms with Crippen molar-refractivity contribution in [2.75, 3.05) is 27.2 Å². The Morgan fingerprint density at radius 2 is 2.33 bits per heavy atom. The monoisotopic (exact) mass is 328 g/mol. The van der Waals surface area contributed by atoms with E-state index in [1.54, 1.807) is 17.4 Å². The summed E-state index contributed by atoms with van der Waals surface area (Å²) in [6, 6.07) is 7.98. The maximum atomic E-state index is 12.3. The Morgan fingerprint density at radius 3 is 3.04 bits per heavy atom. The zero-order valence-electron chi connectivity index (χ0n) is 14.2. The molecule has 2 amide bonds. The quantitative estimate of drug-likeness (QED) is 0.916. The maximum Gasteiger partial charge on any atom is 0.317 e. The molecule has 1 N–H and O–H groups in total. The number of hydrogen-bond acceptors (Lipinski definition) is 4. The number of furan rings is 1. The molecule has 0 spiro atoms. The molecule has 6 heteroatoms. The molecule has 0 unspecified atom stereocenters. The Bertz CT molecular complexity index is 644. The number of hydrogen-bond donors (Lipinski definition) is 1. The van der Waals surface area contributed by atoms with Crippen LogP contribution in [-0.4, -0.2) is 48.0 Å². The van der Waals surface area contributed by atoms with Crippen molar-refractivity contribution < 1.29 is 9.21 Å². The number of carbonyl (C=O) groups excluding carboxylic acids is 1. The number of nitrogens with zero attached hydrogens (tertiary/aromatic N) is 3. The highest BCUT2D eigenvalue weighted by molar-refractivity contribution is 5.73. The molecule has 0 aromatic carbocycles. The standard InChI is InChI=1S/C18H24N4O2/c1-21-9-7-15(17(21)14-5-3-8-19-11-14)13-22(2)18(23)20-12-16-6-4-10-24-16/h3-6,8,10-11,15,17H,7,9,12-13H2,1-2H3,(H,20,23)/t15-,17-/m0/s1. The van der Waals surface area contributed by atoms with Crippen LogP contribution in [0.4, 0.5) is 4.79 Å². The highest BCUT2D eigenvalue weighted by Gasteiger charge is 2.34. The average Bonchev–Trinajstić information content (AvgIpc) is 3.23. The summed E-state index contributed by atoms with van der Waals surface area (Å²) in [7, 11) is 3.98. The third-order valence-corrected chi connectivity index (χ3v) is 4.65. The second-order valence-corrected chi connectivity index (χ2v) is 6.38. The van der Waals surface area contributed by atoms with E-state index in [1.807, 2.05) is 31.4 Å². The van der Waals surface area contributed by atoms with Gasteiger partial charge in [0.2, 0.25) is 0 Å². The summed E-state index contributed by atoms with van der Waals surface area (Å²) in [6.45, 7) is 2.16. The third kappa shape index (κ3) is 3.76. The largest absolute Gasteiger partial charge is 0.467 e. The van der Waals surface area contributed by atoms with Gasteiger partial charge in [-0.05, 0) is 49.7 Å². The Morgan fingerprint density at radius 1 is 1.46 bits per heavy atom. The Kier molecular flexibility index (Phi) is 5.15. The summed E-state index contributed by atoms with van der Waals surface area (Å²) in [6.07, 6.45) is 6.40. The molecule has 0 saturated carbocycles. The average molecular weight is 328 g/mol. The van der Waals surface area contributed by atoms with Gasteiger partial charge in [-0.1, -0.05) is 6.07 Å². The number of rotatable bonds is 5. The number of likely N-dealkylation sites (tertiary alicyclic amines) is 1. The number of nitrogens with one attached hydrogen (secondary N) is 1. The first kappa shape index (κ1) is 16.5. The first-order valence-corrected chi connectivity index (χ1v) is 8.26. The summed E-state index contributed by atoms with van der Waals surface area (Å²) in [5, 5.41) is 2.89. The van der Waals surface area contributed by atoms with E-state index in [1.165, 1.54) is 5.56 Å². The van der Waals surface area contributed by atoms with Crippen LogP contribution in [0.5, 0.6) is 0 Å². The predicted octanol–water partition coefficient (Wildman–Crippen LogP) is 2.51. The van der Waals surface area contributed by atoms with E-state index >= 15 is 0 Å². The number of amides is 2. The molecule has 2 aromatic rings. The van der Waals surface area contributed by atoms with Crippen molar-refractivity contribution in [1.29, 1.82) is 0 Å². The Hall–Kier alpha value is -2.34. The van der Waals surface area contributed by atoms with Crippen LogP contribution in [0.25, 0.3) is 0 Å². The van der Waals surface area contributed by atoms with Gasteiger partial charge in [-0.25, -0.2) is 4.79 Å². The van der Waals surface area contributed by atoms with E-state index in [4.69, 9.17) is 4.42 Å². The molecule has 1 saturated heterocycles. The van der Waals surface area contributed by atoms with E-state index in [0.29, 0.717) is 25.0 Å². The molecule has 6 nitrogen and oxygen atoms in total. The topological polar surface area (TPSA) is 61.6 Å². The fourth-order valence-electron chi connectivity index (χ4n) is 3.44. The molecule has 0 bridgehead atoms. The molecule has 3 rings (SSSR count). The zero-order chi connectivity index (χ0) is 16.9. The first-order chi connectivity index (χ1) is 11.6. The zero-order valence-corrected chi connectivity index (χ0v) is 14.2. The molecule has 0 radical (unpaired) electrons. The van der Waals surface area contributed by atoms with Crippen LogP contribution in [0, 0.1) is 5.92 Å². The van der Waals surface area contributed by atoms with Gasteiger partial charge in [0, 0.05) is 32.0 Å². The molecular formula is C18H24N4O2. The summed E-state index contributed by atoms with van der Waals surface area (Å²) in [4.78, 5) is 20.6. The minimum Gasteiger partial charge on any atom is -0.467 e. The molecule has 1 fully saturated rings. The number of carbonyl (C=O) groups is 1. The lowest BCUT2D eigenvalue weighted by atomic mass is 9.94. The van der Waals surface area contributed by atoms with Crippen LogP contribution in [0.2, 0.25) is 0 Å². The number of aromatic nitrogens is 1. The third-order valence-electron chi connectivity index (χ3n) is 4.65. The highest BCUT2D eigenvalue weighted by atomic mass is 16.3. The van der Waals surface area contributed by atoms with Crippen LogP contribution in [-0.2, 0) is 6.54 Å². The second-order valence-electron chi connectivity index (χ2n) is 6.38. The second kappa shape index (κ2) is 7.49. The summed E-state index contributed by atoms with van der Waals surface area (Å²) in [5.74, 6) is 1.16. The molecule has 128 valence electrons. The molecule has 2 aromatic heterocycles. The highest BCUT2D eigenvalue weighted by Crippen LogP contribution is 2.36. The molecule has 0 aliphatic carbocycles. The molecule has 24 heavy (non-hydrogen) atoms. The van der Waals surface area contributed by atoms with Crippen molar-refractivity contribution in [2.45, 2.75) is 19.0 Å². The molecule has 3 heterocycles. The first-order valence-electron chi connectivity index (χ1n) is 8.26. The van der Waals surface area contributed by atoms with E-state index < -0.39 is 0 Å². The lowest BCUT2D eigenvalue weighted by Crippen LogP contribution is -2.40. The van der Waals surface area contributed by atoms with Gasteiger partial charge >= 0.3 is 6.03 Å². The molecule has 2 atom stereocenters. The van der Waals surface area contributed by atoms with Crippen LogP contribution < -0.4 is 5.32 Å². The maximum absolute atomic E-state index is 12.3. The Labute approximate surface area is 142 Å². The predicted molar refractivity (Wildman–Crippen MR) is 91.3 cm³/mol. The fraction of sp³-hybridized carbons (Fsp3) is 0.444. The van der Waals surface area contributed by atoms with Crippen molar-refractivity contribution in [1.82, 2.24) is 20.1 Å². The van der Waals surface area contributed by atoms with Gasteiger partial charge in [0.15, 0.2) is 0 Å². The molecule has 1 aliphatic heterocycles. The lowest BCUT2D eigenvalue weighted by molar-refractivity contribution is 0.188. The fourth-order valence-corrected chi connectivity index (χ4v) is 3.44. The Balaban J connectivity index is 1.58. The van der Waals surface area contributed by atoms with Crippen molar-refractivity contribution in [3.63, 3.8) is 0 Å². The van der Waals surface area contributed by atoms with Gasteiger partial charge in [-0.3, -0.25) is 9.88 Å². The van der Waals surface area contributed by atoms with E-state index in [-0.39, 0.29) is 6.03 Å². The van der Waals surface area contributed by atoms with Gasteiger partial charge in [0.25, 0.3) is 0 Å². The van der Waals surface area contributed by atoms with Crippen LogP contribution in [0.3, 0.4) is 0 Å². The normalized spacial score (nSPS) is 20.9. The molecular weight excluding hydrogens is 304 g/mol. The summed E-state index contributed by atoms with van der Waals surface area (Å²) < 4.78 is 5.24. The van der Waals surface area contributed by atoms with Crippen molar-refractivity contribution in [3.05, 3.63) is 54.2 Å². The van der Waals surface area contributed by atoms with E-state index in [9.17, 15) is 4.79 Å². The van der Waals surface area contributed by atoms with Crippen LogP contribution >= 0.6 is 0 Å². The van der Waals surface area contributed by atoms with Gasteiger partial charge in [0.1, 0.15) is 5.76 Å². The van der Waals surface area contributed by atoms with Gasteiger partial charge in [-0.15, -0.1) is 0 Å². The van der Waals surface area contributed by atoms with Gasteiger partial charge < -0.3 is 14.6 Å². The summed E-state index contributed by atoms with van der Waals surface area (Å²) >= 11 is 0. The minimum absolute atomic E-state index is 0.0779. The van der Waals surface area contributed by atoms with Gasteiger partial charge in [0.05, 0.1) is 12.8 Å². The SMILES string of the molecule is CN(C[C@@H]1CCN(C)[C@H]1c1cccnc1)C(=O)NCc1ccco1. The van der Waals surface area contributed by atoms with E-state index in [2.05, 4.69) is 28.3 Å². The number of pyridine rings is 1. The minimum atomic E-state index is -0.0779. The van der Waals surface area contributed by atoms with Crippen LogP contribution in [0.1, 0.15) is 23.8 Å².